The molecule has 1 amide bonds. The van der Waals surface area contributed by atoms with E-state index in [1.807, 2.05) is 26.0 Å². The monoisotopic (exact) mass is 354 g/mol. The summed E-state index contributed by atoms with van der Waals surface area (Å²) in [6.07, 6.45) is 0. The lowest BCUT2D eigenvalue weighted by molar-refractivity contribution is 0.102. The van der Waals surface area contributed by atoms with Crippen LogP contribution in [0.25, 0.3) is 10.9 Å². The Morgan fingerprint density at radius 1 is 1.12 bits per heavy atom. The molecule has 0 saturated heterocycles. The number of ether oxygens (including phenoxy) is 2. The fourth-order valence-corrected chi connectivity index (χ4v) is 3.15. The van der Waals surface area contributed by atoms with E-state index in [2.05, 4.69) is 10.3 Å². The van der Waals surface area contributed by atoms with Gasteiger partial charge in [0, 0.05) is 22.2 Å². The van der Waals surface area contributed by atoms with Gasteiger partial charge in [-0.1, -0.05) is 11.6 Å². The van der Waals surface area contributed by atoms with E-state index in [-0.39, 0.29) is 12.7 Å². The summed E-state index contributed by atoms with van der Waals surface area (Å²) in [6.45, 7) is 3.94. The fourth-order valence-electron chi connectivity index (χ4n) is 3.03. The molecule has 1 N–H and O–H groups in total. The van der Waals surface area contributed by atoms with Crippen molar-refractivity contribution in [3.63, 3.8) is 0 Å². The van der Waals surface area contributed by atoms with Crippen molar-refractivity contribution < 1.29 is 14.3 Å². The second-order valence-electron chi connectivity index (χ2n) is 5.88. The summed E-state index contributed by atoms with van der Waals surface area (Å²) >= 11 is 5.88. The average Bonchev–Trinajstić information content (AvgIpc) is 3.03. The van der Waals surface area contributed by atoms with Gasteiger partial charge in [0.1, 0.15) is 0 Å². The van der Waals surface area contributed by atoms with Crippen LogP contribution in [0.4, 0.5) is 5.69 Å². The van der Waals surface area contributed by atoms with Crippen LogP contribution in [-0.4, -0.2) is 17.7 Å². The van der Waals surface area contributed by atoms with Crippen LogP contribution in [0.3, 0.4) is 0 Å². The third-order valence-electron chi connectivity index (χ3n) is 4.25. The van der Waals surface area contributed by atoms with Crippen LogP contribution in [0.1, 0.15) is 21.6 Å². The quantitative estimate of drug-likeness (QED) is 0.736. The minimum Gasteiger partial charge on any atom is -0.454 e. The highest BCUT2D eigenvalue weighted by Gasteiger charge is 2.20. The van der Waals surface area contributed by atoms with Gasteiger partial charge in [0.15, 0.2) is 11.5 Å². The Kier molecular flexibility index (Phi) is 3.73. The molecule has 0 atom stereocenters. The molecule has 126 valence electrons. The summed E-state index contributed by atoms with van der Waals surface area (Å²) in [5.41, 5.74) is 3.53. The normalized spacial score (nSPS) is 12.4. The molecule has 25 heavy (non-hydrogen) atoms. The molecule has 1 aliphatic rings. The van der Waals surface area contributed by atoms with Gasteiger partial charge >= 0.3 is 0 Å². The minimum absolute atomic E-state index is 0.202. The van der Waals surface area contributed by atoms with Crippen molar-refractivity contribution in [3.8, 4) is 11.5 Å². The third kappa shape index (κ3) is 2.76. The molecule has 0 radical (unpaired) electrons. The number of anilines is 1. The number of hydrogen-bond acceptors (Lipinski definition) is 4. The van der Waals surface area contributed by atoms with Gasteiger partial charge < -0.3 is 14.8 Å². The molecule has 0 spiro atoms. The number of halogens is 1. The second kappa shape index (κ2) is 5.93. The van der Waals surface area contributed by atoms with Gasteiger partial charge in [-0.15, -0.1) is 0 Å². The summed E-state index contributed by atoms with van der Waals surface area (Å²) in [5.74, 6) is 1.15. The number of rotatable bonds is 2. The van der Waals surface area contributed by atoms with Crippen LogP contribution in [0.5, 0.6) is 11.5 Å². The number of carbonyl (C=O) groups is 1. The van der Waals surface area contributed by atoms with Gasteiger partial charge in [-0.05, 0) is 49.7 Å². The van der Waals surface area contributed by atoms with Crippen LogP contribution in [0.2, 0.25) is 5.02 Å². The number of aryl methyl sites for hydroxylation is 2. The summed E-state index contributed by atoms with van der Waals surface area (Å²) in [5, 5.41) is 4.38. The lowest BCUT2D eigenvalue weighted by Gasteiger charge is -2.13. The lowest BCUT2D eigenvalue weighted by Crippen LogP contribution is -2.16. The summed E-state index contributed by atoms with van der Waals surface area (Å²) < 4.78 is 10.8. The van der Waals surface area contributed by atoms with Crippen molar-refractivity contribution in [2.75, 3.05) is 12.1 Å². The zero-order valence-electron chi connectivity index (χ0n) is 13.7. The first-order chi connectivity index (χ1) is 12.0. The van der Waals surface area contributed by atoms with E-state index in [4.69, 9.17) is 21.1 Å². The molecule has 2 heterocycles. The Hall–Kier alpha value is -2.79. The molecular weight excluding hydrogens is 340 g/mol. The van der Waals surface area contributed by atoms with E-state index >= 15 is 0 Å². The number of aromatic nitrogens is 1. The van der Waals surface area contributed by atoms with Crippen molar-refractivity contribution in [1.29, 1.82) is 0 Å². The molecule has 3 aromatic rings. The Bertz CT molecular complexity index is 1000. The molecule has 5 nitrogen and oxygen atoms in total. The highest BCUT2D eigenvalue weighted by atomic mass is 35.5. The van der Waals surface area contributed by atoms with Crippen molar-refractivity contribution >= 4 is 34.1 Å². The number of fused-ring (bicyclic) bond motifs is 2. The molecule has 1 aliphatic heterocycles. The van der Waals surface area contributed by atoms with Crippen LogP contribution in [-0.2, 0) is 0 Å². The van der Waals surface area contributed by atoms with Crippen molar-refractivity contribution in [3.05, 3.63) is 58.2 Å². The molecule has 0 fully saturated rings. The van der Waals surface area contributed by atoms with Crippen molar-refractivity contribution in [2.24, 2.45) is 0 Å². The van der Waals surface area contributed by atoms with Gasteiger partial charge in [-0.3, -0.25) is 9.78 Å². The highest BCUT2D eigenvalue weighted by Crippen LogP contribution is 2.37. The number of carbonyl (C=O) groups excluding carboxylic acids is 1. The maximum absolute atomic E-state index is 12.8. The van der Waals surface area contributed by atoms with Crippen molar-refractivity contribution in [2.45, 2.75) is 13.8 Å². The topological polar surface area (TPSA) is 60.5 Å². The van der Waals surface area contributed by atoms with Crippen LogP contribution in [0.15, 0.2) is 36.4 Å². The van der Waals surface area contributed by atoms with Crippen molar-refractivity contribution in [1.82, 2.24) is 4.98 Å². The Morgan fingerprint density at radius 3 is 2.52 bits per heavy atom. The van der Waals surface area contributed by atoms with Crippen LogP contribution >= 0.6 is 11.6 Å². The van der Waals surface area contributed by atoms with E-state index in [9.17, 15) is 4.79 Å². The molecule has 6 heteroatoms. The van der Waals surface area contributed by atoms with Crippen LogP contribution in [0, 0.1) is 13.8 Å². The van der Waals surface area contributed by atoms with Crippen LogP contribution < -0.4 is 14.8 Å². The fraction of sp³-hybridized carbons (Fsp3) is 0.158. The first-order valence-electron chi connectivity index (χ1n) is 7.80. The Balaban J connectivity index is 1.77. The Labute approximate surface area is 149 Å². The van der Waals surface area contributed by atoms with E-state index in [0.717, 1.165) is 16.5 Å². The number of benzene rings is 2. The molecule has 0 aliphatic carbocycles. The van der Waals surface area contributed by atoms with Gasteiger partial charge in [0.05, 0.1) is 16.8 Å². The summed E-state index contributed by atoms with van der Waals surface area (Å²) in [7, 11) is 0. The highest BCUT2D eigenvalue weighted by molar-refractivity contribution is 6.30. The summed E-state index contributed by atoms with van der Waals surface area (Å²) in [4.78, 5) is 17.4. The molecule has 0 bridgehead atoms. The molecule has 0 unspecified atom stereocenters. The zero-order chi connectivity index (χ0) is 17.6. The molecule has 0 saturated carbocycles. The Morgan fingerprint density at radius 2 is 1.80 bits per heavy atom. The SMILES string of the molecule is Cc1nc2cc3c(cc2c(C)c1C(=O)Nc1ccc(Cl)cc1)OCO3. The number of nitrogens with one attached hydrogen (secondary N) is 1. The predicted molar refractivity (Wildman–Crippen MR) is 96.7 cm³/mol. The number of hydrogen-bond donors (Lipinski definition) is 1. The largest absolute Gasteiger partial charge is 0.454 e. The maximum Gasteiger partial charge on any atom is 0.257 e. The van der Waals surface area contributed by atoms with Gasteiger partial charge in [0.2, 0.25) is 6.79 Å². The first-order valence-corrected chi connectivity index (χ1v) is 8.18. The first kappa shape index (κ1) is 15.7. The standard InChI is InChI=1S/C19H15ClN2O3/c1-10-14-7-16-17(25-9-24-16)8-15(14)21-11(2)18(10)19(23)22-13-5-3-12(20)4-6-13/h3-8H,9H2,1-2H3,(H,22,23). The molecule has 4 rings (SSSR count). The number of pyridine rings is 1. The third-order valence-corrected chi connectivity index (χ3v) is 4.50. The van der Waals surface area contributed by atoms with E-state index < -0.39 is 0 Å². The second-order valence-corrected chi connectivity index (χ2v) is 6.32. The number of amides is 1. The van der Waals surface area contributed by atoms with E-state index in [1.165, 1.54) is 0 Å². The molecular formula is C19H15ClN2O3. The smallest absolute Gasteiger partial charge is 0.257 e. The summed E-state index contributed by atoms with van der Waals surface area (Å²) in [6, 6.07) is 10.7. The predicted octanol–water partition coefficient (Wildman–Crippen LogP) is 4.49. The maximum atomic E-state index is 12.8. The number of nitrogens with zero attached hydrogens (tertiary/aromatic N) is 1. The van der Waals surface area contributed by atoms with Gasteiger partial charge in [0.25, 0.3) is 5.91 Å². The van der Waals surface area contributed by atoms with Gasteiger partial charge in [-0.2, -0.15) is 0 Å². The molecule has 1 aromatic heterocycles. The lowest BCUT2D eigenvalue weighted by atomic mass is 10.0. The van der Waals surface area contributed by atoms with E-state index in [1.54, 1.807) is 24.3 Å². The molecule has 2 aromatic carbocycles. The average molecular weight is 355 g/mol. The minimum atomic E-state index is -0.204. The van der Waals surface area contributed by atoms with E-state index in [0.29, 0.717) is 33.5 Å². The van der Waals surface area contributed by atoms with Gasteiger partial charge in [-0.25, -0.2) is 0 Å². The zero-order valence-corrected chi connectivity index (χ0v) is 14.5.